The van der Waals surface area contributed by atoms with E-state index in [1.807, 2.05) is 32.9 Å². The molecule has 0 aliphatic carbocycles. The van der Waals surface area contributed by atoms with Crippen molar-refractivity contribution in [1.82, 2.24) is 5.32 Å². The lowest BCUT2D eigenvalue weighted by Crippen LogP contribution is -2.41. The summed E-state index contributed by atoms with van der Waals surface area (Å²) < 4.78 is 46.8. The van der Waals surface area contributed by atoms with Gasteiger partial charge in [-0.2, -0.15) is 13.2 Å². The second-order valence-electron chi connectivity index (χ2n) is 6.89. The van der Waals surface area contributed by atoms with E-state index in [0.29, 0.717) is 18.9 Å². The van der Waals surface area contributed by atoms with Gasteiger partial charge in [-0.1, -0.05) is 12.1 Å². The summed E-state index contributed by atoms with van der Waals surface area (Å²) in [6.45, 7) is 8.43. The van der Waals surface area contributed by atoms with Gasteiger partial charge in [-0.25, -0.2) is 0 Å². The molecule has 0 aliphatic rings. The zero-order valence-electron chi connectivity index (χ0n) is 15.8. The minimum Gasteiger partial charge on any atom is -0.493 e. The molecule has 0 bridgehead atoms. The zero-order valence-corrected chi connectivity index (χ0v) is 15.8. The van der Waals surface area contributed by atoms with Crippen molar-refractivity contribution in [2.24, 2.45) is 0 Å². The van der Waals surface area contributed by atoms with Gasteiger partial charge < -0.3 is 14.8 Å². The second kappa shape index (κ2) is 9.80. The Labute approximate surface area is 153 Å². The molecule has 4 nitrogen and oxygen atoms in total. The minimum absolute atomic E-state index is 0.0323. The molecule has 0 radical (unpaired) electrons. The summed E-state index contributed by atoms with van der Waals surface area (Å²) in [6, 6.07) is 5.55. The molecule has 0 heterocycles. The lowest BCUT2D eigenvalue weighted by atomic mass is 10.00. The smallest absolute Gasteiger partial charge is 0.389 e. The van der Waals surface area contributed by atoms with E-state index in [0.717, 1.165) is 11.1 Å². The Morgan fingerprint density at radius 2 is 1.92 bits per heavy atom. The highest BCUT2D eigenvalue weighted by molar-refractivity contribution is 5.70. The van der Waals surface area contributed by atoms with Crippen molar-refractivity contribution in [2.75, 3.05) is 13.2 Å². The molecule has 7 heteroatoms. The number of hydrogen-bond acceptors (Lipinski definition) is 4. The number of ether oxygens (including phenoxy) is 2. The van der Waals surface area contributed by atoms with Crippen LogP contribution in [0.15, 0.2) is 18.2 Å². The van der Waals surface area contributed by atoms with E-state index in [-0.39, 0.29) is 25.4 Å². The lowest BCUT2D eigenvalue weighted by Gasteiger charge is -2.25. The van der Waals surface area contributed by atoms with Crippen molar-refractivity contribution < 1.29 is 27.4 Å². The van der Waals surface area contributed by atoms with Crippen LogP contribution in [0.4, 0.5) is 13.2 Å². The number of aryl methyl sites for hydroxylation is 1. The summed E-state index contributed by atoms with van der Waals surface area (Å²) >= 11 is 0. The maximum Gasteiger partial charge on any atom is 0.389 e. The summed E-state index contributed by atoms with van der Waals surface area (Å²) in [5.41, 5.74) is 1.45. The number of carbonyl (C=O) groups is 1. The van der Waals surface area contributed by atoms with Gasteiger partial charge in [0.05, 0.1) is 19.6 Å². The standard InChI is InChI=1S/C19H28F3NO3/c1-5-25-17(24)12-18(3,4)23-13-15-7-8-16(14(2)11-15)26-10-6-9-19(20,21)22/h7-8,11,23H,5-6,9-10,12-13H2,1-4H3. The van der Waals surface area contributed by atoms with Crippen LogP contribution in [-0.2, 0) is 16.1 Å². The van der Waals surface area contributed by atoms with Gasteiger partial charge in [-0.15, -0.1) is 0 Å². The first kappa shape index (κ1) is 22.3. The molecule has 0 atom stereocenters. The fourth-order valence-electron chi connectivity index (χ4n) is 2.41. The number of nitrogens with one attached hydrogen (secondary N) is 1. The summed E-state index contributed by atoms with van der Waals surface area (Å²) in [4.78, 5) is 11.6. The van der Waals surface area contributed by atoms with Crippen molar-refractivity contribution in [1.29, 1.82) is 0 Å². The van der Waals surface area contributed by atoms with Crippen LogP contribution >= 0.6 is 0 Å². The third-order valence-electron chi connectivity index (χ3n) is 3.76. The van der Waals surface area contributed by atoms with Crippen LogP contribution in [0.5, 0.6) is 5.75 Å². The molecular weight excluding hydrogens is 347 g/mol. The molecule has 0 aliphatic heterocycles. The number of carbonyl (C=O) groups excluding carboxylic acids is 1. The van der Waals surface area contributed by atoms with Gasteiger partial charge in [0.25, 0.3) is 0 Å². The number of rotatable bonds is 10. The first-order valence-corrected chi connectivity index (χ1v) is 8.72. The molecule has 1 rings (SSSR count). The predicted octanol–water partition coefficient (Wildman–Crippen LogP) is 4.54. The van der Waals surface area contributed by atoms with Crippen molar-refractivity contribution >= 4 is 5.97 Å². The normalized spacial score (nSPS) is 12.1. The topological polar surface area (TPSA) is 47.6 Å². The Balaban J connectivity index is 2.50. The van der Waals surface area contributed by atoms with E-state index in [9.17, 15) is 18.0 Å². The van der Waals surface area contributed by atoms with E-state index in [2.05, 4.69) is 5.32 Å². The monoisotopic (exact) mass is 375 g/mol. The van der Waals surface area contributed by atoms with Crippen LogP contribution in [0, 0.1) is 6.92 Å². The van der Waals surface area contributed by atoms with Crippen molar-refractivity contribution in [3.8, 4) is 5.75 Å². The number of hydrogen-bond donors (Lipinski definition) is 1. The van der Waals surface area contributed by atoms with E-state index >= 15 is 0 Å². The predicted molar refractivity (Wildman–Crippen MR) is 94.1 cm³/mol. The third kappa shape index (κ3) is 9.08. The third-order valence-corrected chi connectivity index (χ3v) is 3.76. The lowest BCUT2D eigenvalue weighted by molar-refractivity contribution is -0.144. The van der Waals surface area contributed by atoms with Gasteiger partial charge in [0.15, 0.2) is 0 Å². The number of halogens is 3. The SMILES string of the molecule is CCOC(=O)CC(C)(C)NCc1ccc(OCCCC(F)(F)F)c(C)c1. The Morgan fingerprint density at radius 1 is 1.23 bits per heavy atom. The van der Waals surface area contributed by atoms with Gasteiger partial charge in [-0.05, 0) is 51.3 Å². The van der Waals surface area contributed by atoms with Crippen LogP contribution in [0.2, 0.25) is 0 Å². The molecule has 1 aromatic rings. The fraction of sp³-hybridized carbons (Fsp3) is 0.632. The van der Waals surface area contributed by atoms with E-state index in [4.69, 9.17) is 9.47 Å². The van der Waals surface area contributed by atoms with E-state index < -0.39 is 18.1 Å². The van der Waals surface area contributed by atoms with Gasteiger partial charge >= 0.3 is 12.1 Å². The minimum atomic E-state index is -4.15. The molecule has 1 aromatic carbocycles. The summed E-state index contributed by atoms with van der Waals surface area (Å²) in [6.07, 6.45) is -4.79. The Bertz CT molecular complexity index is 586. The fourth-order valence-corrected chi connectivity index (χ4v) is 2.41. The Morgan fingerprint density at radius 3 is 2.50 bits per heavy atom. The molecule has 148 valence electrons. The van der Waals surface area contributed by atoms with Crippen LogP contribution in [-0.4, -0.2) is 30.9 Å². The molecule has 0 aromatic heterocycles. The molecule has 0 amide bonds. The summed E-state index contributed by atoms with van der Waals surface area (Å²) in [5.74, 6) is 0.338. The second-order valence-corrected chi connectivity index (χ2v) is 6.89. The molecule has 26 heavy (non-hydrogen) atoms. The van der Waals surface area contributed by atoms with Crippen LogP contribution in [0.25, 0.3) is 0 Å². The number of benzene rings is 1. The van der Waals surface area contributed by atoms with Crippen molar-refractivity contribution in [3.63, 3.8) is 0 Å². The maximum atomic E-state index is 12.1. The van der Waals surface area contributed by atoms with Crippen LogP contribution in [0.3, 0.4) is 0 Å². The zero-order chi connectivity index (χ0) is 19.8. The van der Waals surface area contributed by atoms with Gasteiger partial charge in [0.1, 0.15) is 5.75 Å². The molecule has 0 fully saturated rings. The van der Waals surface area contributed by atoms with Gasteiger partial charge in [0, 0.05) is 18.5 Å². The highest BCUT2D eigenvalue weighted by atomic mass is 19.4. The summed E-state index contributed by atoms with van der Waals surface area (Å²) in [7, 11) is 0. The Kier molecular flexibility index (Phi) is 8.40. The highest BCUT2D eigenvalue weighted by Gasteiger charge is 2.26. The number of esters is 1. The van der Waals surface area contributed by atoms with Crippen LogP contribution in [0.1, 0.15) is 51.2 Å². The first-order valence-electron chi connectivity index (χ1n) is 8.72. The molecule has 1 N–H and O–H groups in total. The molecular formula is C19H28F3NO3. The van der Waals surface area contributed by atoms with Crippen LogP contribution < -0.4 is 10.1 Å². The largest absolute Gasteiger partial charge is 0.493 e. The van der Waals surface area contributed by atoms with E-state index in [1.165, 1.54) is 0 Å². The first-order chi connectivity index (χ1) is 12.0. The molecule has 0 spiro atoms. The quantitative estimate of drug-likeness (QED) is 0.482. The molecule has 0 unspecified atom stereocenters. The molecule has 0 saturated heterocycles. The molecule has 0 saturated carbocycles. The van der Waals surface area contributed by atoms with Crippen molar-refractivity contribution in [3.05, 3.63) is 29.3 Å². The Hall–Kier alpha value is -1.76. The average Bonchev–Trinajstić information content (AvgIpc) is 2.50. The van der Waals surface area contributed by atoms with E-state index in [1.54, 1.807) is 13.0 Å². The number of alkyl halides is 3. The highest BCUT2D eigenvalue weighted by Crippen LogP contribution is 2.23. The maximum absolute atomic E-state index is 12.1. The van der Waals surface area contributed by atoms with Crippen molar-refractivity contribution in [2.45, 2.75) is 65.2 Å². The summed E-state index contributed by atoms with van der Waals surface area (Å²) in [5, 5.41) is 3.31. The average molecular weight is 375 g/mol. The van der Waals surface area contributed by atoms with Gasteiger partial charge in [0.2, 0.25) is 0 Å². The van der Waals surface area contributed by atoms with Gasteiger partial charge in [-0.3, -0.25) is 4.79 Å².